The summed E-state index contributed by atoms with van der Waals surface area (Å²) in [6.45, 7) is 1.51. The Hall–Kier alpha value is -0.810. The van der Waals surface area contributed by atoms with Gasteiger partial charge in [0.05, 0.1) is 6.10 Å². The van der Waals surface area contributed by atoms with E-state index in [0.29, 0.717) is 10.2 Å². The highest BCUT2D eigenvalue weighted by atomic mass is 79.9. The zero-order valence-electron chi connectivity index (χ0n) is 7.38. The number of benzene rings is 1. The van der Waals surface area contributed by atoms with Crippen molar-refractivity contribution in [2.45, 2.75) is 13.0 Å². The number of fused-ring (bicyclic) bond motifs is 1. The standard InChI is InChI=1S/C9H8BrFO3/c1-4(12)7-5(10)2-6-9(8(7)11)14-3-13-6/h2,4,12H,3H2,1H3. The van der Waals surface area contributed by atoms with E-state index in [0.717, 1.165) is 0 Å². The van der Waals surface area contributed by atoms with E-state index >= 15 is 0 Å². The topological polar surface area (TPSA) is 38.7 Å². The summed E-state index contributed by atoms with van der Waals surface area (Å²) >= 11 is 3.17. The Morgan fingerprint density at radius 3 is 2.93 bits per heavy atom. The number of halogens is 2. The molecule has 1 N–H and O–H groups in total. The van der Waals surface area contributed by atoms with Gasteiger partial charge in [-0.15, -0.1) is 0 Å². The maximum atomic E-state index is 13.7. The summed E-state index contributed by atoms with van der Waals surface area (Å²) < 4.78 is 24.1. The molecule has 5 heteroatoms. The summed E-state index contributed by atoms with van der Waals surface area (Å²) in [6.07, 6.45) is -0.890. The lowest BCUT2D eigenvalue weighted by Crippen LogP contribution is -1.99. The molecule has 1 aliphatic rings. The summed E-state index contributed by atoms with van der Waals surface area (Å²) in [6, 6.07) is 1.59. The van der Waals surface area contributed by atoms with Gasteiger partial charge in [0.25, 0.3) is 0 Å². The molecule has 0 spiro atoms. The lowest BCUT2D eigenvalue weighted by Gasteiger charge is -2.10. The second kappa shape index (κ2) is 3.40. The lowest BCUT2D eigenvalue weighted by atomic mass is 10.1. The molecule has 0 radical (unpaired) electrons. The van der Waals surface area contributed by atoms with E-state index in [2.05, 4.69) is 15.9 Å². The first-order valence-electron chi connectivity index (χ1n) is 4.07. The van der Waals surface area contributed by atoms with Gasteiger partial charge in [0.1, 0.15) is 0 Å². The number of hydrogen-bond donors (Lipinski definition) is 1. The zero-order valence-corrected chi connectivity index (χ0v) is 8.97. The Morgan fingerprint density at radius 1 is 1.57 bits per heavy atom. The predicted octanol–water partition coefficient (Wildman–Crippen LogP) is 2.37. The van der Waals surface area contributed by atoms with E-state index in [9.17, 15) is 9.50 Å². The predicted molar refractivity (Wildman–Crippen MR) is 50.9 cm³/mol. The highest BCUT2D eigenvalue weighted by molar-refractivity contribution is 9.10. The number of aliphatic hydroxyl groups excluding tert-OH is 1. The summed E-state index contributed by atoms with van der Waals surface area (Å²) in [5.74, 6) is -0.134. The van der Waals surface area contributed by atoms with E-state index in [4.69, 9.17) is 9.47 Å². The van der Waals surface area contributed by atoms with Crippen molar-refractivity contribution in [2.75, 3.05) is 6.79 Å². The maximum absolute atomic E-state index is 13.7. The van der Waals surface area contributed by atoms with Crippen molar-refractivity contribution in [3.8, 4) is 11.5 Å². The molecule has 1 aromatic rings. The minimum atomic E-state index is -0.890. The van der Waals surface area contributed by atoms with Gasteiger partial charge in [-0.25, -0.2) is 4.39 Å². The molecule has 14 heavy (non-hydrogen) atoms. The fourth-order valence-electron chi connectivity index (χ4n) is 1.37. The maximum Gasteiger partial charge on any atom is 0.231 e. The molecule has 1 aromatic carbocycles. The molecular formula is C9H8BrFO3. The second-order valence-electron chi connectivity index (χ2n) is 3.00. The highest BCUT2D eigenvalue weighted by Crippen LogP contribution is 2.42. The van der Waals surface area contributed by atoms with E-state index in [1.165, 1.54) is 6.92 Å². The van der Waals surface area contributed by atoms with Crippen molar-refractivity contribution in [2.24, 2.45) is 0 Å². The summed E-state index contributed by atoms with van der Waals surface area (Å²) in [5.41, 5.74) is 0.189. The Kier molecular flexibility index (Phi) is 2.36. The average Bonchev–Trinajstić information content (AvgIpc) is 2.50. The minimum absolute atomic E-state index is 0.0158. The summed E-state index contributed by atoms with van der Waals surface area (Å²) in [5, 5.41) is 9.35. The molecule has 3 nitrogen and oxygen atoms in total. The van der Waals surface area contributed by atoms with Gasteiger partial charge >= 0.3 is 0 Å². The van der Waals surface area contributed by atoms with Crippen molar-refractivity contribution in [1.82, 2.24) is 0 Å². The average molecular weight is 263 g/mol. The van der Waals surface area contributed by atoms with Gasteiger partial charge < -0.3 is 14.6 Å². The van der Waals surface area contributed by atoms with Crippen LogP contribution in [0, 0.1) is 5.82 Å². The van der Waals surface area contributed by atoms with Gasteiger partial charge in [-0.1, -0.05) is 15.9 Å². The van der Waals surface area contributed by atoms with Crippen molar-refractivity contribution in [3.63, 3.8) is 0 Å². The smallest absolute Gasteiger partial charge is 0.231 e. The largest absolute Gasteiger partial charge is 0.453 e. The van der Waals surface area contributed by atoms with Crippen LogP contribution >= 0.6 is 15.9 Å². The molecule has 2 rings (SSSR count). The third-order valence-electron chi connectivity index (χ3n) is 2.01. The summed E-state index contributed by atoms with van der Waals surface area (Å²) in [4.78, 5) is 0. The molecule has 0 aromatic heterocycles. The molecule has 0 amide bonds. The number of aliphatic hydroxyl groups is 1. The van der Waals surface area contributed by atoms with Gasteiger partial charge in [-0.3, -0.25) is 0 Å². The number of hydrogen-bond acceptors (Lipinski definition) is 3. The molecule has 0 fully saturated rings. The number of ether oxygens (including phenoxy) is 2. The van der Waals surface area contributed by atoms with E-state index < -0.39 is 11.9 Å². The molecule has 0 aliphatic carbocycles. The van der Waals surface area contributed by atoms with E-state index in [1.54, 1.807) is 6.07 Å². The van der Waals surface area contributed by atoms with E-state index in [1.807, 2.05) is 0 Å². The highest BCUT2D eigenvalue weighted by Gasteiger charge is 2.25. The Morgan fingerprint density at radius 2 is 2.29 bits per heavy atom. The molecule has 1 unspecified atom stereocenters. The van der Waals surface area contributed by atoms with Crippen LogP contribution in [0.3, 0.4) is 0 Å². The van der Waals surface area contributed by atoms with Crippen molar-refractivity contribution >= 4 is 15.9 Å². The molecule has 0 bridgehead atoms. The van der Waals surface area contributed by atoms with Gasteiger partial charge in [0.15, 0.2) is 11.6 Å². The van der Waals surface area contributed by atoms with Crippen LogP contribution < -0.4 is 9.47 Å². The zero-order chi connectivity index (χ0) is 10.3. The Bertz CT molecular complexity index is 379. The fraction of sp³-hybridized carbons (Fsp3) is 0.333. The number of rotatable bonds is 1. The summed E-state index contributed by atoms with van der Waals surface area (Å²) in [7, 11) is 0. The second-order valence-corrected chi connectivity index (χ2v) is 3.85. The normalized spacial score (nSPS) is 15.7. The molecule has 0 saturated carbocycles. The first-order chi connectivity index (χ1) is 6.61. The Labute approximate surface area is 88.6 Å². The van der Waals surface area contributed by atoms with Crippen molar-refractivity contribution in [3.05, 3.63) is 21.9 Å². The first kappa shape index (κ1) is 9.73. The van der Waals surface area contributed by atoms with Crippen LogP contribution in [0.1, 0.15) is 18.6 Å². The lowest BCUT2D eigenvalue weighted by molar-refractivity contribution is 0.168. The molecule has 1 heterocycles. The van der Waals surface area contributed by atoms with Crippen LogP contribution in [0.15, 0.2) is 10.5 Å². The van der Waals surface area contributed by atoms with Crippen molar-refractivity contribution < 1.29 is 19.0 Å². The molecular weight excluding hydrogens is 255 g/mol. The van der Waals surface area contributed by atoms with Gasteiger partial charge in [0, 0.05) is 10.0 Å². The van der Waals surface area contributed by atoms with Crippen LogP contribution in [-0.2, 0) is 0 Å². The molecule has 1 atom stereocenters. The van der Waals surface area contributed by atoms with Crippen molar-refractivity contribution in [1.29, 1.82) is 0 Å². The van der Waals surface area contributed by atoms with Gasteiger partial charge in [-0.2, -0.15) is 0 Å². The molecule has 76 valence electrons. The van der Waals surface area contributed by atoms with Gasteiger partial charge in [-0.05, 0) is 13.0 Å². The monoisotopic (exact) mass is 262 g/mol. The molecule has 1 aliphatic heterocycles. The Balaban J connectivity index is 2.62. The first-order valence-corrected chi connectivity index (χ1v) is 4.86. The van der Waals surface area contributed by atoms with Crippen LogP contribution in [0.25, 0.3) is 0 Å². The van der Waals surface area contributed by atoms with Crippen LogP contribution in [-0.4, -0.2) is 11.9 Å². The van der Waals surface area contributed by atoms with Crippen LogP contribution in [0.4, 0.5) is 4.39 Å². The molecule has 0 saturated heterocycles. The third-order valence-corrected chi connectivity index (χ3v) is 2.67. The fourth-order valence-corrected chi connectivity index (χ4v) is 2.08. The quantitative estimate of drug-likeness (QED) is 0.845. The van der Waals surface area contributed by atoms with E-state index in [-0.39, 0.29) is 18.1 Å². The SMILES string of the molecule is CC(O)c1c(Br)cc2c(c1F)OCO2. The minimum Gasteiger partial charge on any atom is -0.453 e. The van der Waals surface area contributed by atoms with Gasteiger partial charge in [0.2, 0.25) is 12.5 Å². The third kappa shape index (κ3) is 1.36. The van der Waals surface area contributed by atoms with Crippen LogP contribution in [0.2, 0.25) is 0 Å². The van der Waals surface area contributed by atoms with Crippen LogP contribution in [0.5, 0.6) is 11.5 Å².